The van der Waals surface area contributed by atoms with Crippen molar-refractivity contribution in [3.8, 4) is 0 Å². The Hall–Kier alpha value is -1.55. The average molecular weight is 282 g/mol. The molecule has 1 N–H and O–H groups in total. The zero-order valence-electron chi connectivity index (χ0n) is 11.1. The number of benzene rings is 1. The molecule has 2 rings (SSSR count). The van der Waals surface area contributed by atoms with E-state index in [1.54, 1.807) is 6.07 Å². The van der Waals surface area contributed by atoms with Crippen molar-refractivity contribution in [3.63, 3.8) is 0 Å². The average Bonchev–Trinajstić information content (AvgIpc) is 2.82. The van der Waals surface area contributed by atoms with Gasteiger partial charge in [0.25, 0.3) is 0 Å². The van der Waals surface area contributed by atoms with Gasteiger partial charge >= 0.3 is 0 Å². The summed E-state index contributed by atoms with van der Waals surface area (Å²) in [6.45, 7) is 5.51. The van der Waals surface area contributed by atoms with Crippen molar-refractivity contribution in [2.75, 3.05) is 5.32 Å². The van der Waals surface area contributed by atoms with Crippen molar-refractivity contribution in [3.05, 3.63) is 46.5 Å². The lowest BCUT2D eigenvalue weighted by Crippen LogP contribution is -2.08. The van der Waals surface area contributed by atoms with Gasteiger partial charge in [-0.3, -0.25) is 4.68 Å². The molecule has 1 aromatic heterocycles. The van der Waals surface area contributed by atoms with Crippen molar-refractivity contribution in [1.82, 2.24) is 9.78 Å². The van der Waals surface area contributed by atoms with Gasteiger partial charge in [0, 0.05) is 6.54 Å². The molecule has 0 aliphatic carbocycles. The largest absolute Gasteiger partial charge is 0.378 e. The first-order valence-corrected chi connectivity index (χ1v) is 6.76. The third-order valence-corrected chi connectivity index (χ3v) is 3.29. The molecule has 0 radical (unpaired) electrons. The summed E-state index contributed by atoms with van der Waals surface area (Å²) in [6.07, 6.45) is 0.903. The van der Waals surface area contributed by atoms with E-state index in [2.05, 4.69) is 23.4 Å². The van der Waals surface area contributed by atoms with Crippen LogP contribution >= 0.6 is 11.6 Å². The third-order valence-electron chi connectivity index (χ3n) is 2.96. The van der Waals surface area contributed by atoms with Crippen molar-refractivity contribution < 1.29 is 4.39 Å². The normalized spacial score (nSPS) is 10.7. The highest BCUT2D eigenvalue weighted by molar-refractivity contribution is 6.33. The van der Waals surface area contributed by atoms with Gasteiger partial charge in [-0.05, 0) is 37.6 Å². The third kappa shape index (κ3) is 3.26. The molecule has 0 aliphatic heterocycles. The predicted molar refractivity (Wildman–Crippen MR) is 76.0 cm³/mol. The molecule has 3 nitrogen and oxygen atoms in total. The van der Waals surface area contributed by atoms with Gasteiger partial charge in [0.2, 0.25) is 0 Å². The van der Waals surface area contributed by atoms with Gasteiger partial charge in [0.05, 0.1) is 28.6 Å². The number of halogens is 2. The maximum atomic E-state index is 13.2. The minimum atomic E-state index is -0.301. The molecule has 102 valence electrons. The number of hydrogen-bond donors (Lipinski definition) is 1. The summed E-state index contributed by atoms with van der Waals surface area (Å²) in [5, 5.41) is 8.13. The molecule has 0 unspecified atom stereocenters. The van der Waals surface area contributed by atoms with Crippen LogP contribution in [0.25, 0.3) is 0 Å². The lowest BCUT2D eigenvalue weighted by Gasteiger charge is -2.09. The van der Waals surface area contributed by atoms with Crippen LogP contribution < -0.4 is 5.32 Å². The molecular formula is C14H17ClFN3. The standard InChI is InChI=1S/C14H17ClFN3/c1-3-11-8-12(19(4-2)18-11)9-17-14-7-10(16)5-6-13(14)15/h5-8,17H,3-4,9H2,1-2H3. The molecular weight excluding hydrogens is 265 g/mol. The van der Waals surface area contributed by atoms with Crippen LogP contribution in [-0.2, 0) is 19.5 Å². The molecule has 1 heterocycles. The van der Waals surface area contributed by atoms with Crippen LogP contribution in [0.1, 0.15) is 25.2 Å². The lowest BCUT2D eigenvalue weighted by atomic mass is 10.2. The molecule has 0 saturated heterocycles. The molecule has 0 aliphatic rings. The predicted octanol–water partition coefficient (Wildman–Crippen LogP) is 3.87. The van der Waals surface area contributed by atoms with Crippen LogP contribution in [0.5, 0.6) is 0 Å². The number of aryl methyl sites for hydroxylation is 2. The topological polar surface area (TPSA) is 29.9 Å². The smallest absolute Gasteiger partial charge is 0.125 e. The van der Waals surface area contributed by atoms with Crippen LogP contribution in [-0.4, -0.2) is 9.78 Å². The maximum Gasteiger partial charge on any atom is 0.125 e. The Morgan fingerprint density at radius 1 is 1.32 bits per heavy atom. The Balaban J connectivity index is 2.13. The SMILES string of the molecule is CCc1cc(CNc2cc(F)ccc2Cl)n(CC)n1. The summed E-state index contributed by atoms with van der Waals surface area (Å²) in [5.74, 6) is -0.301. The number of nitrogens with one attached hydrogen (secondary N) is 1. The van der Waals surface area contributed by atoms with E-state index in [4.69, 9.17) is 11.6 Å². The Morgan fingerprint density at radius 2 is 2.11 bits per heavy atom. The van der Waals surface area contributed by atoms with Crippen molar-refractivity contribution in [2.24, 2.45) is 0 Å². The number of nitrogens with zero attached hydrogens (tertiary/aromatic N) is 2. The molecule has 0 saturated carbocycles. The molecule has 0 bridgehead atoms. The van der Waals surface area contributed by atoms with Gasteiger partial charge in [-0.2, -0.15) is 5.10 Å². The van der Waals surface area contributed by atoms with Crippen LogP contribution in [0.2, 0.25) is 5.02 Å². The highest BCUT2D eigenvalue weighted by Crippen LogP contribution is 2.23. The second-order valence-electron chi connectivity index (χ2n) is 4.27. The summed E-state index contributed by atoms with van der Waals surface area (Å²) in [7, 11) is 0. The van der Waals surface area contributed by atoms with E-state index in [0.717, 1.165) is 24.4 Å². The lowest BCUT2D eigenvalue weighted by molar-refractivity contribution is 0.618. The van der Waals surface area contributed by atoms with Crippen LogP contribution in [0, 0.1) is 5.82 Å². The van der Waals surface area contributed by atoms with Gasteiger partial charge in [-0.1, -0.05) is 18.5 Å². The molecule has 1 aromatic carbocycles. The van der Waals surface area contributed by atoms with E-state index in [9.17, 15) is 4.39 Å². The molecule has 0 amide bonds. The van der Waals surface area contributed by atoms with Gasteiger partial charge in [0.1, 0.15) is 5.82 Å². The molecule has 5 heteroatoms. The molecule has 2 aromatic rings. The van der Waals surface area contributed by atoms with E-state index in [1.807, 2.05) is 11.6 Å². The Bertz CT molecular complexity index is 566. The summed E-state index contributed by atoms with van der Waals surface area (Å²) < 4.78 is 15.1. The summed E-state index contributed by atoms with van der Waals surface area (Å²) in [5.41, 5.74) is 2.73. The number of anilines is 1. The first-order valence-electron chi connectivity index (χ1n) is 6.38. The van der Waals surface area contributed by atoms with Crippen molar-refractivity contribution >= 4 is 17.3 Å². The number of hydrogen-bond acceptors (Lipinski definition) is 2. The van der Waals surface area contributed by atoms with Gasteiger partial charge in [-0.15, -0.1) is 0 Å². The zero-order chi connectivity index (χ0) is 13.8. The highest BCUT2D eigenvalue weighted by Gasteiger charge is 2.07. The Labute approximate surface area is 117 Å². The first kappa shape index (κ1) is 13.9. The second-order valence-corrected chi connectivity index (χ2v) is 4.68. The fraction of sp³-hybridized carbons (Fsp3) is 0.357. The molecule has 19 heavy (non-hydrogen) atoms. The fourth-order valence-electron chi connectivity index (χ4n) is 1.92. The quantitative estimate of drug-likeness (QED) is 0.902. The molecule has 0 fully saturated rings. The Kier molecular flexibility index (Phi) is 4.43. The van der Waals surface area contributed by atoms with E-state index in [1.165, 1.54) is 12.1 Å². The first-order chi connectivity index (χ1) is 9.13. The highest BCUT2D eigenvalue weighted by atomic mass is 35.5. The second kappa shape index (κ2) is 6.06. The van der Waals surface area contributed by atoms with Crippen LogP contribution in [0.3, 0.4) is 0 Å². The minimum Gasteiger partial charge on any atom is -0.378 e. The molecule has 0 spiro atoms. The van der Waals surface area contributed by atoms with E-state index in [-0.39, 0.29) is 5.82 Å². The van der Waals surface area contributed by atoms with Gasteiger partial charge in [-0.25, -0.2) is 4.39 Å². The molecule has 0 atom stereocenters. The van der Waals surface area contributed by atoms with Gasteiger partial charge in [0.15, 0.2) is 0 Å². The summed E-state index contributed by atoms with van der Waals surface area (Å²) in [4.78, 5) is 0. The van der Waals surface area contributed by atoms with Gasteiger partial charge < -0.3 is 5.32 Å². The zero-order valence-corrected chi connectivity index (χ0v) is 11.8. The Morgan fingerprint density at radius 3 is 2.79 bits per heavy atom. The van der Waals surface area contributed by atoms with Crippen LogP contribution in [0.4, 0.5) is 10.1 Å². The number of aromatic nitrogens is 2. The number of rotatable bonds is 5. The summed E-state index contributed by atoms with van der Waals surface area (Å²) in [6, 6.07) is 6.35. The maximum absolute atomic E-state index is 13.2. The van der Waals surface area contributed by atoms with E-state index < -0.39 is 0 Å². The fourth-order valence-corrected chi connectivity index (χ4v) is 2.11. The monoisotopic (exact) mass is 281 g/mol. The van der Waals surface area contributed by atoms with Crippen molar-refractivity contribution in [1.29, 1.82) is 0 Å². The van der Waals surface area contributed by atoms with E-state index >= 15 is 0 Å². The van der Waals surface area contributed by atoms with E-state index in [0.29, 0.717) is 17.3 Å². The minimum absolute atomic E-state index is 0.301. The van der Waals surface area contributed by atoms with Crippen molar-refractivity contribution in [2.45, 2.75) is 33.4 Å². The summed E-state index contributed by atoms with van der Waals surface area (Å²) >= 11 is 6.02. The van der Waals surface area contributed by atoms with Crippen LogP contribution in [0.15, 0.2) is 24.3 Å².